The fraction of sp³-hybridized carbons (Fsp3) is 0.238. The highest BCUT2D eigenvalue weighted by Crippen LogP contribution is 2.25. The molecule has 0 atom stereocenters. The van der Waals surface area contributed by atoms with Crippen LogP contribution in [0.2, 0.25) is 0 Å². The van der Waals surface area contributed by atoms with Crippen LogP contribution in [-0.2, 0) is 11.3 Å². The van der Waals surface area contributed by atoms with E-state index in [2.05, 4.69) is 10.3 Å². The van der Waals surface area contributed by atoms with Crippen LogP contribution in [0.4, 0.5) is 0 Å². The van der Waals surface area contributed by atoms with Gasteiger partial charge in [-0.25, -0.2) is 0 Å². The van der Waals surface area contributed by atoms with E-state index in [1.54, 1.807) is 18.2 Å². The Morgan fingerprint density at radius 2 is 1.85 bits per heavy atom. The lowest BCUT2D eigenvalue weighted by atomic mass is 10.1. The van der Waals surface area contributed by atoms with Crippen LogP contribution < -0.4 is 20.3 Å². The predicted molar refractivity (Wildman–Crippen MR) is 104 cm³/mol. The number of ether oxygens (including phenoxy) is 2. The third kappa shape index (κ3) is 4.28. The van der Waals surface area contributed by atoms with Crippen molar-refractivity contribution in [1.82, 2.24) is 10.3 Å². The van der Waals surface area contributed by atoms with Gasteiger partial charge >= 0.3 is 0 Å². The molecule has 0 bridgehead atoms. The average Bonchev–Trinajstić information content (AvgIpc) is 2.65. The number of fused-ring (bicyclic) bond motifs is 1. The van der Waals surface area contributed by atoms with Crippen molar-refractivity contribution >= 4 is 16.8 Å². The van der Waals surface area contributed by atoms with Gasteiger partial charge in [-0.15, -0.1) is 0 Å². The van der Waals surface area contributed by atoms with Crippen LogP contribution in [0.5, 0.6) is 11.5 Å². The molecular formula is C21H22N2O4. The highest BCUT2D eigenvalue weighted by atomic mass is 16.5. The van der Waals surface area contributed by atoms with Gasteiger partial charge in [-0.05, 0) is 49.1 Å². The zero-order valence-electron chi connectivity index (χ0n) is 15.6. The first-order chi connectivity index (χ1) is 13.0. The monoisotopic (exact) mass is 366 g/mol. The number of hydrogen-bond acceptors (Lipinski definition) is 4. The molecule has 0 fully saturated rings. The fourth-order valence-electron chi connectivity index (χ4n) is 2.99. The summed E-state index contributed by atoms with van der Waals surface area (Å²) in [6.45, 7) is 3.94. The van der Waals surface area contributed by atoms with E-state index in [0.717, 1.165) is 22.0 Å². The Kier molecular flexibility index (Phi) is 5.45. The van der Waals surface area contributed by atoms with E-state index < -0.39 is 0 Å². The molecule has 0 aliphatic rings. The number of aromatic amines is 1. The zero-order valence-corrected chi connectivity index (χ0v) is 15.6. The second kappa shape index (κ2) is 7.95. The summed E-state index contributed by atoms with van der Waals surface area (Å²) in [4.78, 5) is 27.3. The number of amides is 1. The number of aryl methyl sites for hydroxylation is 2. The molecule has 6 heteroatoms. The second-order valence-electron chi connectivity index (χ2n) is 6.39. The number of pyridine rings is 1. The Bertz CT molecular complexity index is 1040. The minimum atomic E-state index is -0.319. The molecule has 1 amide bonds. The van der Waals surface area contributed by atoms with Crippen LogP contribution >= 0.6 is 0 Å². The first-order valence-electron chi connectivity index (χ1n) is 8.63. The minimum absolute atomic E-state index is 0.131. The van der Waals surface area contributed by atoms with Gasteiger partial charge in [0.25, 0.3) is 11.5 Å². The van der Waals surface area contributed by atoms with Crippen molar-refractivity contribution in [2.45, 2.75) is 20.4 Å². The maximum atomic E-state index is 12.3. The number of nitrogens with one attached hydrogen (secondary N) is 2. The quantitative estimate of drug-likeness (QED) is 0.703. The molecule has 0 aliphatic heterocycles. The molecule has 1 heterocycles. The van der Waals surface area contributed by atoms with Crippen molar-refractivity contribution in [2.24, 2.45) is 0 Å². The van der Waals surface area contributed by atoms with E-state index in [-0.39, 0.29) is 24.6 Å². The van der Waals surface area contributed by atoms with E-state index in [0.29, 0.717) is 17.1 Å². The fourth-order valence-corrected chi connectivity index (χ4v) is 2.99. The van der Waals surface area contributed by atoms with Gasteiger partial charge in [-0.1, -0.05) is 23.8 Å². The summed E-state index contributed by atoms with van der Waals surface area (Å²) in [6.07, 6.45) is 0. The number of rotatable bonds is 6. The van der Waals surface area contributed by atoms with Crippen molar-refractivity contribution in [1.29, 1.82) is 0 Å². The van der Waals surface area contributed by atoms with Crippen molar-refractivity contribution in [3.05, 3.63) is 69.5 Å². The van der Waals surface area contributed by atoms with Gasteiger partial charge in [0, 0.05) is 12.1 Å². The highest BCUT2D eigenvalue weighted by molar-refractivity contribution is 5.83. The summed E-state index contributed by atoms with van der Waals surface area (Å²) in [7, 11) is 1.54. The summed E-state index contributed by atoms with van der Waals surface area (Å²) in [5, 5.41) is 3.66. The minimum Gasteiger partial charge on any atom is -0.493 e. The van der Waals surface area contributed by atoms with Gasteiger partial charge in [0.1, 0.15) is 0 Å². The van der Waals surface area contributed by atoms with E-state index in [1.807, 2.05) is 38.1 Å². The molecular weight excluding hydrogens is 344 g/mol. The highest BCUT2D eigenvalue weighted by Gasteiger charge is 2.09. The third-order valence-corrected chi connectivity index (χ3v) is 4.27. The van der Waals surface area contributed by atoms with Gasteiger partial charge in [0.15, 0.2) is 18.1 Å². The molecule has 27 heavy (non-hydrogen) atoms. The zero-order chi connectivity index (χ0) is 19.4. The molecule has 140 valence electrons. The maximum absolute atomic E-state index is 12.3. The Balaban J connectivity index is 1.66. The van der Waals surface area contributed by atoms with E-state index in [9.17, 15) is 9.59 Å². The number of methoxy groups -OCH3 is 1. The van der Waals surface area contributed by atoms with Crippen molar-refractivity contribution < 1.29 is 14.3 Å². The molecule has 0 aliphatic carbocycles. The maximum Gasteiger partial charge on any atom is 0.258 e. The average molecular weight is 366 g/mol. The SMILES string of the molecule is COc1ccccc1OCC(=O)NCc1cc2cc(C)cc(C)c2[nH]c1=O. The number of carbonyl (C=O) groups excluding carboxylic acids is 1. The number of H-pyrrole nitrogens is 1. The second-order valence-corrected chi connectivity index (χ2v) is 6.39. The summed E-state index contributed by atoms with van der Waals surface area (Å²) in [5.74, 6) is 0.729. The molecule has 3 rings (SSSR count). The predicted octanol–water partition coefficient (Wildman–Crippen LogP) is 2.85. The van der Waals surface area contributed by atoms with E-state index in [1.165, 1.54) is 7.11 Å². The smallest absolute Gasteiger partial charge is 0.258 e. The van der Waals surface area contributed by atoms with Gasteiger partial charge in [0.05, 0.1) is 12.6 Å². The number of benzene rings is 2. The molecule has 0 unspecified atom stereocenters. The summed E-state index contributed by atoms with van der Waals surface area (Å²) < 4.78 is 10.7. The number of carbonyl (C=O) groups is 1. The van der Waals surface area contributed by atoms with Crippen molar-refractivity contribution in [2.75, 3.05) is 13.7 Å². The van der Waals surface area contributed by atoms with E-state index >= 15 is 0 Å². The van der Waals surface area contributed by atoms with Crippen LogP contribution in [0.3, 0.4) is 0 Å². The van der Waals surface area contributed by atoms with Gasteiger partial charge in [-0.2, -0.15) is 0 Å². The third-order valence-electron chi connectivity index (χ3n) is 4.27. The van der Waals surface area contributed by atoms with Crippen LogP contribution in [-0.4, -0.2) is 24.6 Å². The normalized spacial score (nSPS) is 10.6. The Hall–Kier alpha value is -3.28. The summed E-state index contributed by atoms with van der Waals surface area (Å²) >= 11 is 0. The lowest BCUT2D eigenvalue weighted by Gasteiger charge is -2.11. The number of hydrogen-bond donors (Lipinski definition) is 2. The lowest BCUT2D eigenvalue weighted by molar-refractivity contribution is -0.123. The number of aromatic nitrogens is 1. The molecule has 0 radical (unpaired) electrons. The largest absolute Gasteiger partial charge is 0.493 e. The standard InChI is InChI=1S/C21H22N2O4/c1-13-8-14(2)20-15(9-13)10-16(21(25)23-20)11-22-19(24)12-27-18-7-5-4-6-17(18)26-3/h4-10H,11-12H2,1-3H3,(H,22,24)(H,23,25). The molecule has 0 spiro atoms. The van der Waals surface area contributed by atoms with Crippen molar-refractivity contribution in [3.8, 4) is 11.5 Å². The first kappa shape index (κ1) is 18.5. The van der Waals surface area contributed by atoms with Crippen LogP contribution in [0.15, 0.2) is 47.3 Å². The Morgan fingerprint density at radius 3 is 2.59 bits per heavy atom. The molecule has 0 saturated heterocycles. The molecule has 3 aromatic rings. The molecule has 0 saturated carbocycles. The summed E-state index contributed by atoms with van der Waals surface area (Å²) in [5.41, 5.74) is 3.24. The van der Waals surface area contributed by atoms with Crippen molar-refractivity contribution in [3.63, 3.8) is 0 Å². The first-order valence-corrected chi connectivity index (χ1v) is 8.63. The molecule has 2 N–H and O–H groups in total. The van der Waals surface area contributed by atoms with Gasteiger partial charge < -0.3 is 19.8 Å². The lowest BCUT2D eigenvalue weighted by Crippen LogP contribution is -2.30. The van der Waals surface area contributed by atoms with E-state index in [4.69, 9.17) is 9.47 Å². The molecule has 2 aromatic carbocycles. The molecule has 1 aromatic heterocycles. The number of para-hydroxylation sites is 2. The topological polar surface area (TPSA) is 80.4 Å². The summed E-state index contributed by atoms with van der Waals surface area (Å²) in [6, 6.07) is 12.9. The van der Waals surface area contributed by atoms with Crippen LogP contribution in [0.1, 0.15) is 16.7 Å². The Morgan fingerprint density at radius 1 is 1.11 bits per heavy atom. The molecule has 6 nitrogen and oxygen atoms in total. The van der Waals surface area contributed by atoms with Crippen LogP contribution in [0.25, 0.3) is 10.9 Å². The Labute approximate surface area is 157 Å². The van der Waals surface area contributed by atoms with Gasteiger partial charge in [-0.3, -0.25) is 9.59 Å². The van der Waals surface area contributed by atoms with Gasteiger partial charge in [0.2, 0.25) is 0 Å². The van der Waals surface area contributed by atoms with Crippen LogP contribution in [0, 0.1) is 13.8 Å².